The molecule has 3 nitrogen and oxygen atoms in total. The van der Waals surface area contributed by atoms with E-state index in [1.807, 2.05) is 0 Å². The molecule has 5 saturated carbocycles. The fraction of sp³-hybridized carbons (Fsp3) is 0.967. The van der Waals surface area contributed by atoms with Crippen molar-refractivity contribution in [3.05, 3.63) is 0 Å². The van der Waals surface area contributed by atoms with Crippen molar-refractivity contribution in [2.24, 2.45) is 56.2 Å². The second-order valence-corrected chi connectivity index (χ2v) is 15.3. The van der Waals surface area contributed by atoms with Crippen molar-refractivity contribution < 1.29 is 15.0 Å². The lowest BCUT2D eigenvalue weighted by Gasteiger charge is -2.75. The summed E-state index contributed by atoms with van der Waals surface area (Å²) in [7, 11) is 0. The van der Waals surface area contributed by atoms with E-state index in [4.69, 9.17) is 0 Å². The largest absolute Gasteiger partial charge is 0.396 e. The molecule has 5 rings (SSSR count). The first-order chi connectivity index (χ1) is 15.2. The Kier molecular flexibility index (Phi) is 5.22. The van der Waals surface area contributed by atoms with Gasteiger partial charge in [-0.15, -0.1) is 0 Å². The summed E-state index contributed by atoms with van der Waals surface area (Å²) < 4.78 is 0. The van der Waals surface area contributed by atoms with Crippen LogP contribution >= 0.6 is 0 Å². The highest BCUT2D eigenvalue weighted by Crippen LogP contribution is 2.78. The van der Waals surface area contributed by atoms with Gasteiger partial charge < -0.3 is 10.2 Å². The summed E-state index contributed by atoms with van der Waals surface area (Å²) in [6.45, 7) is 17.3. The van der Waals surface area contributed by atoms with E-state index in [2.05, 4.69) is 48.5 Å². The van der Waals surface area contributed by atoms with Crippen LogP contribution in [0.25, 0.3) is 0 Å². The molecule has 0 aromatic carbocycles. The summed E-state index contributed by atoms with van der Waals surface area (Å²) in [5.41, 5.74) is 0.851. The van der Waals surface area contributed by atoms with Crippen LogP contribution in [0.5, 0.6) is 0 Å². The number of Topliss-reactive ketones (excluding diaryl/α,β-unsaturated/α-hetero) is 1. The molecule has 0 amide bonds. The molecular formula is C30H50O3. The molecule has 0 aromatic rings. The number of ketones is 1. The van der Waals surface area contributed by atoms with Gasteiger partial charge in [0.25, 0.3) is 0 Å². The summed E-state index contributed by atoms with van der Waals surface area (Å²) in [6.07, 6.45) is 10.5. The van der Waals surface area contributed by atoms with E-state index in [1.54, 1.807) is 0 Å². The lowest BCUT2D eigenvalue weighted by atomic mass is 9.29. The molecule has 5 aliphatic rings. The third-order valence-corrected chi connectivity index (χ3v) is 13.7. The smallest absolute Gasteiger partial charge is 0.138 e. The molecule has 0 aromatic heterocycles. The van der Waals surface area contributed by atoms with Crippen LogP contribution in [0.2, 0.25) is 0 Å². The summed E-state index contributed by atoms with van der Waals surface area (Å²) in [5.74, 6) is 1.38. The van der Waals surface area contributed by atoms with Crippen LogP contribution in [-0.2, 0) is 4.79 Å². The summed E-state index contributed by atoms with van der Waals surface area (Å²) in [4.78, 5) is 12.8. The fourth-order valence-electron chi connectivity index (χ4n) is 11.3. The number of rotatable bonds is 1. The molecule has 0 heterocycles. The van der Waals surface area contributed by atoms with Gasteiger partial charge in [0, 0.05) is 24.4 Å². The standard InChI is InChI=1S/C30H50O3/c1-19-20(32)16-21(33)24-27(19,5)9-8-22-28(6)13-12-26(4)11-10-25(2,3)17-23(26)29(28,7)14-15-30(22,24)18-31/h19,21-24,31,33H,8-18H2,1-7H3/t19-,21+,22+,23+,24+,26+,27+,28+,29-,30-/m0/s1. The number of carbonyl (C=O) groups is 1. The van der Waals surface area contributed by atoms with Crippen molar-refractivity contribution in [2.75, 3.05) is 6.61 Å². The zero-order valence-electron chi connectivity index (χ0n) is 22.5. The van der Waals surface area contributed by atoms with Gasteiger partial charge in [-0.1, -0.05) is 48.5 Å². The quantitative estimate of drug-likeness (QED) is 0.478. The third kappa shape index (κ3) is 2.90. The summed E-state index contributed by atoms with van der Waals surface area (Å²) >= 11 is 0. The van der Waals surface area contributed by atoms with Crippen LogP contribution in [0, 0.1) is 56.2 Å². The zero-order chi connectivity index (χ0) is 24.2. The fourth-order valence-corrected chi connectivity index (χ4v) is 11.3. The molecule has 188 valence electrons. The molecular weight excluding hydrogens is 408 g/mol. The van der Waals surface area contributed by atoms with Gasteiger partial charge in [-0.05, 0) is 103 Å². The second kappa shape index (κ2) is 7.09. The Morgan fingerprint density at radius 3 is 2.12 bits per heavy atom. The van der Waals surface area contributed by atoms with Gasteiger partial charge in [-0.3, -0.25) is 4.79 Å². The molecule has 0 bridgehead atoms. The number of aliphatic hydroxyl groups excluding tert-OH is 2. The molecule has 0 aliphatic heterocycles. The number of aliphatic hydroxyl groups is 2. The molecule has 10 atom stereocenters. The minimum Gasteiger partial charge on any atom is -0.396 e. The van der Waals surface area contributed by atoms with Crippen molar-refractivity contribution in [1.29, 1.82) is 0 Å². The van der Waals surface area contributed by atoms with Gasteiger partial charge in [0.1, 0.15) is 5.78 Å². The Labute approximate surface area is 202 Å². The van der Waals surface area contributed by atoms with E-state index in [0.29, 0.717) is 16.7 Å². The van der Waals surface area contributed by atoms with Gasteiger partial charge in [-0.2, -0.15) is 0 Å². The maximum absolute atomic E-state index is 12.8. The first-order valence-corrected chi connectivity index (χ1v) is 14.0. The number of fused-ring (bicyclic) bond motifs is 7. The highest BCUT2D eigenvalue weighted by atomic mass is 16.3. The molecule has 5 fully saturated rings. The highest BCUT2D eigenvalue weighted by Gasteiger charge is 2.73. The Morgan fingerprint density at radius 1 is 0.848 bits per heavy atom. The first-order valence-electron chi connectivity index (χ1n) is 14.0. The molecule has 33 heavy (non-hydrogen) atoms. The maximum Gasteiger partial charge on any atom is 0.138 e. The predicted octanol–water partition coefficient (Wildman–Crippen LogP) is 6.40. The van der Waals surface area contributed by atoms with Crippen LogP contribution in [0.3, 0.4) is 0 Å². The van der Waals surface area contributed by atoms with Crippen LogP contribution in [-0.4, -0.2) is 28.7 Å². The lowest BCUT2D eigenvalue weighted by molar-refractivity contribution is -0.280. The van der Waals surface area contributed by atoms with Crippen molar-refractivity contribution in [2.45, 2.75) is 119 Å². The minimum atomic E-state index is -0.607. The molecule has 0 spiro atoms. The van der Waals surface area contributed by atoms with Gasteiger partial charge >= 0.3 is 0 Å². The van der Waals surface area contributed by atoms with Crippen LogP contribution in [0.1, 0.15) is 113 Å². The van der Waals surface area contributed by atoms with Gasteiger partial charge in [0.2, 0.25) is 0 Å². The van der Waals surface area contributed by atoms with E-state index < -0.39 is 6.10 Å². The average molecular weight is 459 g/mol. The molecule has 0 radical (unpaired) electrons. The molecule has 3 heteroatoms. The monoisotopic (exact) mass is 458 g/mol. The van der Waals surface area contributed by atoms with E-state index in [-0.39, 0.29) is 52.3 Å². The summed E-state index contributed by atoms with van der Waals surface area (Å²) in [6, 6.07) is 0. The predicted molar refractivity (Wildman–Crippen MR) is 133 cm³/mol. The van der Waals surface area contributed by atoms with Gasteiger partial charge in [-0.25, -0.2) is 0 Å². The molecule has 5 aliphatic carbocycles. The highest BCUT2D eigenvalue weighted by molar-refractivity contribution is 5.83. The molecule has 0 unspecified atom stereocenters. The summed E-state index contributed by atoms with van der Waals surface area (Å²) in [5, 5.41) is 22.6. The Balaban J connectivity index is 1.60. The average Bonchev–Trinajstić information content (AvgIpc) is 2.74. The first kappa shape index (κ1) is 24.3. The number of hydrogen-bond acceptors (Lipinski definition) is 3. The van der Waals surface area contributed by atoms with E-state index in [9.17, 15) is 15.0 Å². The van der Waals surface area contributed by atoms with E-state index >= 15 is 0 Å². The van der Waals surface area contributed by atoms with Gasteiger partial charge in [0.05, 0.1) is 6.10 Å². The Hall–Kier alpha value is -0.410. The van der Waals surface area contributed by atoms with Crippen molar-refractivity contribution in [3.63, 3.8) is 0 Å². The molecule has 2 N–H and O–H groups in total. The zero-order valence-corrected chi connectivity index (χ0v) is 22.5. The SMILES string of the molecule is C[C@H]1C(=O)C[C@@H](O)[C@@H]2[C@]1(C)CC[C@H]1[C@@]2(CO)CC[C@@]2(C)[C@@H]3CC(C)(C)CC[C@]3(C)CC[C@]12C. The van der Waals surface area contributed by atoms with Crippen LogP contribution in [0.4, 0.5) is 0 Å². The minimum absolute atomic E-state index is 0.0230. The second-order valence-electron chi connectivity index (χ2n) is 15.3. The maximum atomic E-state index is 12.8. The van der Waals surface area contributed by atoms with Crippen molar-refractivity contribution in [1.82, 2.24) is 0 Å². The molecule has 0 saturated heterocycles. The lowest BCUT2D eigenvalue weighted by Crippen LogP contribution is -2.71. The Morgan fingerprint density at radius 2 is 1.45 bits per heavy atom. The van der Waals surface area contributed by atoms with Gasteiger partial charge in [0.15, 0.2) is 0 Å². The van der Waals surface area contributed by atoms with Crippen LogP contribution < -0.4 is 0 Å². The Bertz CT molecular complexity index is 834. The van der Waals surface area contributed by atoms with E-state index in [1.165, 1.54) is 32.1 Å². The normalized spacial score (nSPS) is 58.0. The third-order valence-electron chi connectivity index (χ3n) is 13.7. The van der Waals surface area contributed by atoms with Crippen molar-refractivity contribution in [3.8, 4) is 0 Å². The number of carbonyl (C=O) groups excluding carboxylic acids is 1. The van der Waals surface area contributed by atoms with Crippen molar-refractivity contribution >= 4 is 5.78 Å². The van der Waals surface area contributed by atoms with Crippen LogP contribution in [0.15, 0.2) is 0 Å². The number of hydrogen-bond donors (Lipinski definition) is 2. The van der Waals surface area contributed by atoms with E-state index in [0.717, 1.165) is 31.6 Å². The topological polar surface area (TPSA) is 57.5 Å².